The molecule has 0 aliphatic rings. The molecule has 23 heavy (non-hydrogen) atoms. The molecule has 0 fully saturated rings. The van der Waals surface area contributed by atoms with Crippen LogP contribution in [-0.2, 0) is 14.1 Å². The topological polar surface area (TPSA) is 67.8 Å². The van der Waals surface area contributed by atoms with E-state index < -0.39 is 11.2 Å². The van der Waals surface area contributed by atoms with Crippen molar-refractivity contribution in [3.8, 4) is 6.07 Å². The number of hydrogen-bond donors (Lipinski definition) is 0. The Bertz CT molecular complexity index is 936. The summed E-state index contributed by atoms with van der Waals surface area (Å²) in [5.74, 6) is 0. The Hall–Kier alpha value is -2.26. The summed E-state index contributed by atoms with van der Waals surface area (Å²) < 4.78 is 2.32. The van der Waals surface area contributed by atoms with Crippen LogP contribution in [0.4, 0.5) is 0 Å². The smallest absolute Gasteiger partial charge is 0.290 e. The fourth-order valence-electron chi connectivity index (χ4n) is 2.47. The predicted molar refractivity (Wildman–Crippen MR) is 91.2 cm³/mol. The molecule has 0 saturated carbocycles. The number of aromatic nitrogens is 2. The Morgan fingerprint density at radius 1 is 1.00 bits per heavy atom. The summed E-state index contributed by atoms with van der Waals surface area (Å²) in [6.45, 7) is 8.07. The van der Waals surface area contributed by atoms with Crippen LogP contribution in [0.25, 0.3) is 0 Å². The first-order valence-corrected chi connectivity index (χ1v) is 7.97. The van der Waals surface area contributed by atoms with Crippen molar-refractivity contribution in [3.05, 3.63) is 54.7 Å². The lowest BCUT2D eigenvalue weighted by Gasteiger charge is -2.17. The summed E-state index contributed by atoms with van der Waals surface area (Å²) in [6.07, 6.45) is 0. The highest BCUT2D eigenvalue weighted by Crippen LogP contribution is 2.36. The maximum absolute atomic E-state index is 12.2. The monoisotopic (exact) mass is 329 g/mol. The Morgan fingerprint density at radius 3 is 2.00 bits per heavy atom. The van der Waals surface area contributed by atoms with E-state index in [4.69, 9.17) is 0 Å². The third-order valence-corrected chi connectivity index (χ3v) is 5.71. The molecule has 0 amide bonds. The van der Waals surface area contributed by atoms with Gasteiger partial charge in [0.25, 0.3) is 5.56 Å². The second-order valence-electron chi connectivity index (χ2n) is 5.69. The van der Waals surface area contributed by atoms with Crippen molar-refractivity contribution in [1.82, 2.24) is 9.13 Å². The van der Waals surface area contributed by atoms with E-state index in [1.807, 2.05) is 33.8 Å². The molecule has 0 spiro atoms. The van der Waals surface area contributed by atoms with E-state index >= 15 is 0 Å². The minimum absolute atomic E-state index is 0.00226. The van der Waals surface area contributed by atoms with Crippen LogP contribution in [0.3, 0.4) is 0 Å². The number of nitrogens with zero attached hydrogens (tertiary/aromatic N) is 3. The van der Waals surface area contributed by atoms with Crippen molar-refractivity contribution in [2.45, 2.75) is 37.6 Å². The van der Waals surface area contributed by atoms with Gasteiger partial charge in [-0.25, -0.2) is 4.79 Å². The largest absolute Gasteiger partial charge is 0.331 e. The number of benzene rings is 1. The molecule has 0 radical (unpaired) electrons. The third kappa shape index (κ3) is 2.73. The zero-order valence-corrected chi connectivity index (χ0v) is 15.0. The zero-order chi connectivity index (χ0) is 17.5. The van der Waals surface area contributed by atoms with Gasteiger partial charge < -0.3 is 0 Å². The number of hydrogen-bond acceptors (Lipinski definition) is 4. The molecule has 5 nitrogen and oxygen atoms in total. The minimum Gasteiger partial charge on any atom is -0.290 e. The van der Waals surface area contributed by atoms with Gasteiger partial charge in [-0.3, -0.25) is 13.9 Å². The molecule has 0 N–H and O–H groups in total. The SMILES string of the molecule is Cc1cc(C)c(C)c(Sc2c(C#N)c(=O)n(C)c(=O)n2C)c1C. The van der Waals surface area contributed by atoms with Crippen LogP contribution < -0.4 is 11.2 Å². The summed E-state index contributed by atoms with van der Waals surface area (Å²) in [7, 11) is 2.96. The van der Waals surface area contributed by atoms with Crippen molar-refractivity contribution >= 4 is 11.8 Å². The molecule has 2 aromatic rings. The second-order valence-corrected chi connectivity index (χ2v) is 6.69. The van der Waals surface area contributed by atoms with Crippen molar-refractivity contribution in [2.75, 3.05) is 0 Å². The first-order valence-electron chi connectivity index (χ1n) is 7.16. The molecule has 1 aromatic carbocycles. The van der Waals surface area contributed by atoms with Gasteiger partial charge in [0.1, 0.15) is 16.7 Å². The molecule has 0 aliphatic heterocycles. The standard InChI is InChI=1S/C17H19N3O2S/c1-9-7-10(2)12(4)14(11(9)3)23-16-13(8-18)15(21)19(5)17(22)20(16)6/h7H,1-6H3. The summed E-state index contributed by atoms with van der Waals surface area (Å²) in [5, 5.41) is 9.76. The molecular weight excluding hydrogens is 310 g/mol. The third-order valence-electron chi connectivity index (χ3n) is 4.22. The highest BCUT2D eigenvalue weighted by molar-refractivity contribution is 7.99. The van der Waals surface area contributed by atoms with Gasteiger partial charge >= 0.3 is 5.69 Å². The first kappa shape index (κ1) is 17.1. The molecule has 1 aromatic heterocycles. The van der Waals surface area contributed by atoms with E-state index in [2.05, 4.69) is 6.07 Å². The van der Waals surface area contributed by atoms with Crippen molar-refractivity contribution in [1.29, 1.82) is 5.26 Å². The van der Waals surface area contributed by atoms with Gasteiger partial charge in [-0.1, -0.05) is 17.8 Å². The van der Waals surface area contributed by atoms with Gasteiger partial charge in [-0.2, -0.15) is 5.26 Å². The molecule has 0 bridgehead atoms. The Balaban J connectivity index is 2.80. The van der Waals surface area contributed by atoms with Crippen LogP contribution in [0, 0.1) is 39.0 Å². The summed E-state index contributed by atoms with van der Waals surface area (Å²) >= 11 is 1.31. The number of aryl methyl sites for hydroxylation is 2. The van der Waals surface area contributed by atoms with Crippen LogP contribution in [0.1, 0.15) is 27.8 Å². The first-order chi connectivity index (χ1) is 10.7. The van der Waals surface area contributed by atoms with Crippen LogP contribution in [0.15, 0.2) is 25.6 Å². The maximum Gasteiger partial charge on any atom is 0.331 e. The van der Waals surface area contributed by atoms with E-state index in [0.29, 0.717) is 5.03 Å². The molecule has 0 atom stereocenters. The van der Waals surface area contributed by atoms with Crippen LogP contribution in [-0.4, -0.2) is 9.13 Å². The van der Waals surface area contributed by atoms with E-state index in [1.54, 1.807) is 7.05 Å². The number of rotatable bonds is 2. The van der Waals surface area contributed by atoms with Crippen molar-refractivity contribution in [3.63, 3.8) is 0 Å². The Morgan fingerprint density at radius 2 is 1.52 bits per heavy atom. The molecule has 0 unspecified atom stereocenters. The molecule has 120 valence electrons. The maximum atomic E-state index is 12.2. The summed E-state index contributed by atoms with van der Waals surface area (Å²) in [6, 6.07) is 4.06. The van der Waals surface area contributed by atoms with E-state index in [-0.39, 0.29) is 5.56 Å². The van der Waals surface area contributed by atoms with Crippen LogP contribution >= 0.6 is 11.8 Å². The molecule has 0 saturated heterocycles. The van der Waals surface area contributed by atoms with E-state index in [1.165, 1.54) is 23.4 Å². The summed E-state index contributed by atoms with van der Waals surface area (Å²) in [5.41, 5.74) is 3.47. The highest BCUT2D eigenvalue weighted by Gasteiger charge is 2.19. The molecule has 0 aliphatic carbocycles. The lowest BCUT2D eigenvalue weighted by molar-refractivity contribution is 0.631. The minimum atomic E-state index is -0.558. The van der Waals surface area contributed by atoms with Crippen molar-refractivity contribution in [2.24, 2.45) is 14.1 Å². The Labute approximate surface area is 139 Å². The molecule has 1 heterocycles. The number of nitriles is 1. The highest BCUT2D eigenvalue weighted by atomic mass is 32.2. The lowest BCUT2D eigenvalue weighted by Crippen LogP contribution is -2.39. The van der Waals surface area contributed by atoms with Gasteiger partial charge in [0.2, 0.25) is 0 Å². The Kier molecular flexibility index (Phi) is 4.53. The van der Waals surface area contributed by atoms with Gasteiger partial charge in [-0.15, -0.1) is 0 Å². The van der Waals surface area contributed by atoms with Crippen molar-refractivity contribution < 1.29 is 0 Å². The molecule has 2 rings (SSSR count). The van der Waals surface area contributed by atoms with Gasteiger partial charge in [0.05, 0.1) is 0 Å². The van der Waals surface area contributed by atoms with Crippen LogP contribution in [0.2, 0.25) is 0 Å². The average Bonchev–Trinajstić information content (AvgIpc) is 2.52. The normalized spacial score (nSPS) is 10.7. The van der Waals surface area contributed by atoms with E-state index in [0.717, 1.165) is 31.7 Å². The van der Waals surface area contributed by atoms with Gasteiger partial charge in [0, 0.05) is 19.0 Å². The van der Waals surface area contributed by atoms with Crippen LogP contribution in [0.5, 0.6) is 0 Å². The van der Waals surface area contributed by atoms with E-state index in [9.17, 15) is 14.9 Å². The predicted octanol–water partition coefficient (Wildman–Crippen LogP) is 2.34. The van der Waals surface area contributed by atoms with Gasteiger partial charge in [0.15, 0.2) is 0 Å². The quantitative estimate of drug-likeness (QED) is 0.793. The molecule has 6 heteroatoms. The fraction of sp³-hybridized carbons (Fsp3) is 0.353. The lowest BCUT2D eigenvalue weighted by atomic mass is 10.0. The fourth-order valence-corrected chi connectivity index (χ4v) is 3.74. The second kappa shape index (κ2) is 6.09. The molecular formula is C17H19N3O2S. The average molecular weight is 329 g/mol. The summed E-state index contributed by atoms with van der Waals surface area (Å²) in [4.78, 5) is 25.4. The van der Waals surface area contributed by atoms with Gasteiger partial charge in [-0.05, 0) is 49.9 Å². The zero-order valence-electron chi connectivity index (χ0n) is 14.1.